The van der Waals surface area contributed by atoms with Gasteiger partial charge in [0.1, 0.15) is 71.9 Å². The molecule has 0 radical (unpaired) electrons. The molecule has 4 aromatic rings. The Bertz CT molecular complexity index is 3240. The van der Waals surface area contributed by atoms with Crippen molar-refractivity contribution in [1.82, 2.24) is 63.1 Å². The number of hydrogen-bond donors (Lipinski definition) is 21. The number of rotatable bonds is 38. The number of carboxylic acids is 2. The van der Waals surface area contributed by atoms with E-state index in [-0.39, 0.29) is 48.6 Å². The highest BCUT2D eigenvalue weighted by Crippen LogP contribution is 2.14. The molecule has 0 aliphatic heterocycles. The normalized spacial score (nSPS) is 14.9. The van der Waals surface area contributed by atoms with Crippen LogP contribution in [0, 0.1) is 0 Å². The molecule has 504 valence electrons. The quantitative estimate of drug-likeness (QED) is 0.0186. The van der Waals surface area contributed by atoms with Gasteiger partial charge in [-0.2, -0.15) is 25.3 Å². The maximum atomic E-state index is 14.0. The van der Waals surface area contributed by atoms with E-state index < -0.39 is 181 Å². The maximum Gasteiger partial charge on any atom is 0.326 e. The molecule has 0 spiro atoms. The van der Waals surface area contributed by atoms with Gasteiger partial charge in [0.15, 0.2) is 0 Å². The second kappa shape index (κ2) is 37.5. The van der Waals surface area contributed by atoms with Gasteiger partial charge in [0.05, 0.1) is 31.5 Å². The highest BCUT2D eigenvalue weighted by molar-refractivity contribution is 7.80. The van der Waals surface area contributed by atoms with Crippen LogP contribution in [0.5, 0.6) is 11.5 Å². The lowest BCUT2D eigenvalue weighted by Crippen LogP contribution is -2.62. The molecule has 0 saturated heterocycles. The second-order valence-corrected chi connectivity index (χ2v) is 22.0. The number of primary amides is 1. The number of aliphatic hydroxyl groups is 2. The van der Waals surface area contributed by atoms with E-state index >= 15 is 0 Å². The molecule has 0 unspecified atom stereocenters. The van der Waals surface area contributed by atoms with Gasteiger partial charge in [-0.3, -0.25) is 57.5 Å². The topological polar surface area (TPSA) is 544 Å². The summed E-state index contributed by atoms with van der Waals surface area (Å²) in [5.41, 5.74) is 13.3. The largest absolute Gasteiger partial charge is 0.508 e. The first kappa shape index (κ1) is 75.6. The molecule has 1 heterocycles. The summed E-state index contributed by atoms with van der Waals surface area (Å²) in [5, 5.41) is 82.8. The highest BCUT2D eigenvalue weighted by atomic mass is 32.1. The van der Waals surface area contributed by atoms with Gasteiger partial charge in [-0.15, -0.1) is 0 Å². The Labute approximate surface area is 542 Å². The third-order valence-corrected chi connectivity index (χ3v) is 14.6. The van der Waals surface area contributed by atoms with Gasteiger partial charge in [0.2, 0.25) is 65.0 Å². The standard InChI is InChI=1S/C58H76N14O19S2/c1-28(63-57(89)47(29(2)74)72-53(85)38(19-30-6-4-3-5-7-30)65-55(87)43(25-92)70-49(81)36(59)18-31-8-12-34(75)13-9-31)48(80)69-42(24-73)54(86)64-37(16-17-46(78)79)50(82)67-40(22-45(60)77)52(84)66-39(21-33-23-61-27-62-33)51(83)71-44(26-93)56(88)68-41(58(90)91)20-32-10-14-35(76)15-11-32/h3-15,23,27-29,36-44,47,73-76,92-93H,16-22,24-26,59H2,1-2H3,(H2,60,77)(H,61,62)(H,63,89)(H,64,86)(H,65,87)(H,66,84)(H,67,82)(H,68,88)(H,69,80)(H,70,81)(H,71,83)(H,72,85)(H,78,79)(H,90,91)/t28-,29+,36-,37-,38-,39-,40-,41-,42-,43-,44-,47-/m0/s1. The SMILES string of the molecule is C[C@H](NC(=O)[C@@H](NC(=O)[C@H](Cc1ccccc1)NC(=O)[C@H](CS)NC(=O)[C@@H](N)Cc1ccc(O)cc1)[C@@H](C)O)C(=O)N[C@@H](CO)C(=O)N[C@@H](CCC(=O)O)C(=O)N[C@@H](CC(N)=O)C(=O)N[C@@H](Cc1cnc[nH]1)C(=O)N[C@@H](CS)C(=O)N[C@@H](Cc1ccc(O)cc1)C(=O)O. The fraction of sp³-hybridized carbons (Fsp3) is 0.414. The Kier molecular flexibility index (Phi) is 30.5. The van der Waals surface area contributed by atoms with Crippen LogP contribution in [0.25, 0.3) is 0 Å². The Balaban J connectivity index is 1.45. The molecule has 0 aliphatic carbocycles. The van der Waals surface area contributed by atoms with E-state index in [1.807, 2.05) is 0 Å². The van der Waals surface area contributed by atoms with Gasteiger partial charge in [-0.25, -0.2) is 9.78 Å². The number of amides is 11. The molecule has 0 saturated carbocycles. The number of aromatic amines is 1. The van der Waals surface area contributed by atoms with E-state index in [9.17, 15) is 93.0 Å². The van der Waals surface area contributed by atoms with Crippen molar-refractivity contribution in [3.63, 3.8) is 0 Å². The smallest absolute Gasteiger partial charge is 0.326 e. The number of aromatic hydroxyl groups is 2. The molecule has 12 atom stereocenters. The second-order valence-electron chi connectivity index (χ2n) is 21.3. The summed E-state index contributed by atoms with van der Waals surface area (Å²) in [7, 11) is 0. The number of H-pyrrole nitrogens is 1. The van der Waals surface area contributed by atoms with Crippen LogP contribution < -0.4 is 64.6 Å². The summed E-state index contributed by atoms with van der Waals surface area (Å²) in [5.74, 6) is -15.9. The number of carbonyl (C=O) groups is 13. The van der Waals surface area contributed by atoms with Gasteiger partial charge in [-0.1, -0.05) is 54.6 Å². The molecular formula is C58H76N14O19S2. The van der Waals surface area contributed by atoms with Crippen LogP contribution in [-0.2, 0) is 88.0 Å². The third kappa shape index (κ3) is 25.4. The van der Waals surface area contributed by atoms with Crippen molar-refractivity contribution in [3.8, 4) is 11.5 Å². The summed E-state index contributed by atoms with van der Waals surface area (Å²) in [6.07, 6.45) is -2.49. The summed E-state index contributed by atoms with van der Waals surface area (Å²) in [6.45, 7) is 1.03. The monoisotopic (exact) mass is 1340 g/mol. The summed E-state index contributed by atoms with van der Waals surface area (Å²) < 4.78 is 0. The maximum absolute atomic E-state index is 14.0. The van der Waals surface area contributed by atoms with Crippen LogP contribution in [0.2, 0.25) is 0 Å². The summed E-state index contributed by atoms with van der Waals surface area (Å²) in [4.78, 5) is 180. The van der Waals surface area contributed by atoms with Gasteiger partial charge < -0.3 is 100 Å². The molecule has 1 aromatic heterocycles. The molecule has 21 N–H and O–H groups in total. The number of aromatic nitrogens is 2. The number of thiol groups is 2. The average molecular weight is 1340 g/mol. The first-order valence-corrected chi connectivity index (χ1v) is 29.9. The molecule has 0 aliphatic rings. The molecule has 35 heteroatoms. The van der Waals surface area contributed by atoms with Crippen LogP contribution >= 0.6 is 25.3 Å². The van der Waals surface area contributed by atoms with Crippen molar-refractivity contribution in [1.29, 1.82) is 0 Å². The third-order valence-electron chi connectivity index (χ3n) is 13.8. The van der Waals surface area contributed by atoms with Crippen LogP contribution in [0.15, 0.2) is 91.4 Å². The Morgan fingerprint density at radius 1 is 0.505 bits per heavy atom. The van der Waals surface area contributed by atoms with E-state index in [1.54, 1.807) is 42.5 Å². The lowest BCUT2D eigenvalue weighted by Gasteiger charge is -2.28. The van der Waals surface area contributed by atoms with Crippen LogP contribution in [0.3, 0.4) is 0 Å². The fourth-order valence-electron chi connectivity index (χ4n) is 8.70. The fourth-order valence-corrected chi connectivity index (χ4v) is 9.21. The number of aliphatic carboxylic acids is 2. The number of carbonyl (C=O) groups excluding carboxylic acids is 11. The molecule has 33 nitrogen and oxygen atoms in total. The number of imidazole rings is 1. The Morgan fingerprint density at radius 2 is 0.935 bits per heavy atom. The highest BCUT2D eigenvalue weighted by Gasteiger charge is 2.37. The first-order chi connectivity index (χ1) is 44.0. The van der Waals surface area contributed by atoms with Gasteiger partial charge >= 0.3 is 11.9 Å². The first-order valence-electron chi connectivity index (χ1n) is 28.6. The molecule has 11 amide bonds. The number of nitrogens with one attached hydrogen (secondary N) is 11. The van der Waals surface area contributed by atoms with Crippen molar-refractivity contribution in [2.45, 2.75) is 131 Å². The molecule has 0 bridgehead atoms. The van der Waals surface area contributed by atoms with E-state index in [0.29, 0.717) is 16.7 Å². The molecule has 3 aromatic carbocycles. The average Bonchev–Trinajstić information content (AvgIpc) is 1.54. The molecule has 0 fully saturated rings. The predicted molar refractivity (Wildman–Crippen MR) is 334 cm³/mol. The number of nitrogens with zero attached hydrogens (tertiary/aromatic N) is 1. The van der Waals surface area contributed by atoms with Crippen molar-refractivity contribution < 1.29 is 93.0 Å². The summed E-state index contributed by atoms with van der Waals surface area (Å²) in [6, 6.07) is 1.63. The van der Waals surface area contributed by atoms with Gasteiger partial charge in [-0.05, 0) is 67.6 Å². The van der Waals surface area contributed by atoms with Crippen molar-refractivity contribution in [2.24, 2.45) is 11.5 Å². The Hall–Kier alpha value is -9.84. The number of phenols is 2. The van der Waals surface area contributed by atoms with Crippen LogP contribution in [-0.4, -0.2) is 208 Å². The zero-order valence-corrected chi connectivity index (χ0v) is 51.9. The molecule has 4 rings (SSSR count). The van der Waals surface area contributed by atoms with Gasteiger partial charge in [0.25, 0.3) is 0 Å². The lowest BCUT2D eigenvalue weighted by molar-refractivity contribution is -0.142. The van der Waals surface area contributed by atoms with Crippen molar-refractivity contribution >= 4 is 102 Å². The number of phenolic OH excluding ortho intramolecular Hbond substituents is 2. The number of aliphatic hydroxyl groups excluding tert-OH is 2. The zero-order chi connectivity index (χ0) is 69.1. The van der Waals surface area contributed by atoms with Crippen LogP contribution in [0.1, 0.15) is 55.5 Å². The number of carboxylic acid groups (broad SMARTS) is 2. The Morgan fingerprint density at radius 3 is 1.44 bits per heavy atom. The lowest BCUT2D eigenvalue weighted by atomic mass is 10.0. The van der Waals surface area contributed by atoms with Crippen molar-refractivity contribution in [3.05, 3.63) is 114 Å². The number of benzene rings is 3. The van der Waals surface area contributed by atoms with Crippen molar-refractivity contribution in [2.75, 3.05) is 18.1 Å². The minimum atomic E-state index is -1.97. The van der Waals surface area contributed by atoms with Crippen LogP contribution in [0.4, 0.5) is 0 Å². The molecule has 93 heavy (non-hydrogen) atoms. The predicted octanol–water partition coefficient (Wildman–Crippen LogP) is -5.66. The zero-order valence-electron chi connectivity index (χ0n) is 50.1. The minimum absolute atomic E-state index is 0.00615. The number of hydrogen-bond acceptors (Lipinski definition) is 21. The van der Waals surface area contributed by atoms with Gasteiger partial charge in [0, 0.05) is 49.1 Å². The van der Waals surface area contributed by atoms with E-state index in [2.05, 4.69) is 88.4 Å². The van der Waals surface area contributed by atoms with E-state index in [4.69, 9.17) is 11.5 Å². The van der Waals surface area contributed by atoms with E-state index in [1.165, 1.54) is 48.9 Å². The number of nitrogens with two attached hydrogens (primary N) is 2. The minimum Gasteiger partial charge on any atom is -0.508 e. The summed E-state index contributed by atoms with van der Waals surface area (Å²) >= 11 is 8.33. The molecular weight excluding hydrogens is 1260 g/mol. The van der Waals surface area contributed by atoms with E-state index in [0.717, 1.165) is 13.8 Å².